The fourth-order valence-corrected chi connectivity index (χ4v) is 3.50. The minimum Gasteiger partial charge on any atom is -0.480 e. The molecule has 0 bridgehead atoms. The van der Waals surface area contributed by atoms with E-state index in [0.717, 1.165) is 17.7 Å². The van der Waals surface area contributed by atoms with Gasteiger partial charge in [0.1, 0.15) is 18.7 Å². The van der Waals surface area contributed by atoms with Crippen LogP contribution in [0.25, 0.3) is 0 Å². The topological polar surface area (TPSA) is 148 Å². The van der Waals surface area contributed by atoms with Crippen molar-refractivity contribution in [2.24, 2.45) is 0 Å². The SMILES string of the molecule is O=C(N[C@H](Cc1ccccc1)C(=O)N[C@H](Cc1ccc(F)c([N+](=O)[O-])c1)C(=O)O)OCc1ccccc1. The maximum Gasteiger partial charge on any atom is 0.408 e. The second-order valence-electron chi connectivity index (χ2n) is 8.09. The number of carbonyl (C=O) groups excluding carboxylic acids is 2. The van der Waals surface area contributed by atoms with Crippen LogP contribution in [0.1, 0.15) is 16.7 Å². The summed E-state index contributed by atoms with van der Waals surface area (Å²) in [5, 5.41) is 25.5. The molecule has 192 valence electrons. The zero-order valence-electron chi connectivity index (χ0n) is 19.5. The monoisotopic (exact) mass is 509 g/mol. The van der Waals surface area contributed by atoms with Gasteiger partial charge in [0, 0.05) is 18.9 Å². The standard InChI is InChI=1S/C26H24FN3O7/c27-20-12-11-19(15-23(20)30(35)36)14-22(25(32)33)28-24(31)21(13-17-7-3-1-4-8-17)29-26(34)37-16-18-9-5-2-6-10-18/h1-12,15,21-22H,13-14,16H2,(H,28,31)(H,29,34)(H,32,33)/t21-,22-/m1/s1. The number of hydrogen-bond acceptors (Lipinski definition) is 6. The number of alkyl carbamates (subject to hydrolysis) is 1. The van der Waals surface area contributed by atoms with Gasteiger partial charge in [-0.25, -0.2) is 9.59 Å². The van der Waals surface area contributed by atoms with E-state index in [1.165, 1.54) is 6.07 Å². The number of carboxylic acids is 1. The van der Waals surface area contributed by atoms with Crippen LogP contribution in [-0.4, -0.2) is 40.1 Å². The van der Waals surface area contributed by atoms with Gasteiger partial charge in [-0.2, -0.15) is 4.39 Å². The molecule has 2 atom stereocenters. The normalized spacial score (nSPS) is 12.1. The van der Waals surface area contributed by atoms with E-state index >= 15 is 0 Å². The van der Waals surface area contributed by atoms with Crippen molar-refractivity contribution in [3.63, 3.8) is 0 Å². The molecule has 0 radical (unpaired) electrons. The van der Waals surface area contributed by atoms with E-state index in [4.69, 9.17) is 4.74 Å². The van der Waals surface area contributed by atoms with Gasteiger partial charge in [0.25, 0.3) is 0 Å². The van der Waals surface area contributed by atoms with E-state index in [1.54, 1.807) is 54.6 Å². The molecule has 3 N–H and O–H groups in total. The Labute approximate surface area is 211 Å². The van der Waals surface area contributed by atoms with Crippen molar-refractivity contribution in [3.8, 4) is 0 Å². The van der Waals surface area contributed by atoms with Gasteiger partial charge in [0.2, 0.25) is 11.7 Å². The van der Waals surface area contributed by atoms with Gasteiger partial charge >= 0.3 is 17.7 Å². The van der Waals surface area contributed by atoms with Crippen molar-refractivity contribution in [1.82, 2.24) is 10.6 Å². The summed E-state index contributed by atoms with van der Waals surface area (Å²) in [4.78, 5) is 47.5. The van der Waals surface area contributed by atoms with Crippen LogP contribution in [0, 0.1) is 15.9 Å². The molecule has 2 amide bonds. The molecule has 0 spiro atoms. The lowest BCUT2D eigenvalue weighted by Gasteiger charge is -2.21. The number of halogens is 1. The van der Waals surface area contributed by atoms with E-state index in [9.17, 15) is 34.0 Å². The maximum absolute atomic E-state index is 13.7. The van der Waals surface area contributed by atoms with Crippen LogP contribution in [-0.2, 0) is 33.8 Å². The van der Waals surface area contributed by atoms with Gasteiger partial charge in [0.15, 0.2) is 0 Å². The summed E-state index contributed by atoms with van der Waals surface area (Å²) in [6.07, 6.45) is -1.18. The van der Waals surface area contributed by atoms with Gasteiger partial charge in [-0.15, -0.1) is 0 Å². The van der Waals surface area contributed by atoms with Gasteiger partial charge in [-0.05, 0) is 22.8 Å². The Morgan fingerprint density at radius 2 is 1.46 bits per heavy atom. The third-order valence-corrected chi connectivity index (χ3v) is 5.37. The predicted molar refractivity (Wildman–Crippen MR) is 130 cm³/mol. The number of aliphatic carboxylic acids is 1. The Hall–Kier alpha value is -4.80. The number of nitro groups is 1. The zero-order valence-corrected chi connectivity index (χ0v) is 19.5. The van der Waals surface area contributed by atoms with Crippen LogP contribution in [0.2, 0.25) is 0 Å². The number of nitro benzene ring substituents is 1. The number of carboxylic acid groups (broad SMARTS) is 1. The first-order chi connectivity index (χ1) is 17.7. The van der Waals surface area contributed by atoms with Gasteiger partial charge in [-0.1, -0.05) is 66.7 Å². The molecule has 0 aliphatic heterocycles. The van der Waals surface area contributed by atoms with Crippen molar-refractivity contribution in [1.29, 1.82) is 0 Å². The summed E-state index contributed by atoms with van der Waals surface area (Å²) < 4.78 is 18.8. The summed E-state index contributed by atoms with van der Waals surface area (Å²) in [7, 11) is 0. The highest BCUT2D eigenvalue weighted by molar-refractivity contribution is 5.89. The number of amides is 2. The molecule has 0 saturated heterocycles. The number of hydrogen-bond donors (Lipinski definition) is 3. The third-order valence-electron chi connectivity index (χ3n) is 5.37. The van der Waals surface area contributed by atoms with Crippen molar-refractivity contribution in [2.75, 3.05) is 0 Å². The highest BCUT2D eigenvalue weighted by Gasteiger charge is 2.28. The number of carbonyl (C=O) groups is 3. The highest BCUT2D eigenvalue weighted by Crippen LogP contribution is 2.19. The molecular formula is C26H24FN3O7. The number of nitrogens with zero attached hydrogens (tertiary/aromatic N) is 1. The Balaban J connectivity index is 1.73. The second-order valence-corrected chi connectivity index (χ2v) is 8.09. The minimum atomic E-state index is -1.50. The molecule has 0 aromatic heterocycles. The lowest BCUT2D eigenvalue weighted by molar-refractivity contribution is -0.387. The Bertz CT molecular complexity index is 1260. The third kappa shape index (κ3) is 8.13. The predicted octanol–water partition coefficient (Wildman–Crippen LogP) is 3.38. The zero-order chi connectivity index (χ0) is 26.8. The minimum absolute atomic E-state index is 0.0343. The molecule has 0 aliphatic carbocycles. The average Bonchev–Trinajstić information content (AvgIpc) is 2.88. The molecule has 3 aromatic rings. The molecule has 0 saturated carbocycles. The summed E-state index contributed by atoms with van der Waals surface area (Å²) >= 11 is 0. The molecule has 0 aliphatic rings. The van der Waals surface area contributed by atoms with Crippen LogP contribution >= 0.6 is 0 Å². The molecule has 0 unspecified atom stereocenters. The molecule has 0 heterocycles. The van der Waals surface area contributed by atoms with E-state index in [2.05, 4.69) is 10.6 Å². The van der Waals surface area contributed by atoms with Crippen molar-refractivity contribution >= 4 is 23.7 Å². The van der Waals surface area contributed by atoms with Gasteiger partial charge < -0.3 is 20.5 Å². The van der Waals surface area contributed by atoms with E-state index in [0.29, 0.717) is 5.56 Å². The number of benzene rings is 3. The summed E-state index contributed by atoms with van der Waals surface area (Å²) in [5.74, 6) is -3.28. The van der Waals surface area contributed by atoms with Crippen molar-refractivity contribution in [2.45, 2.75) is 31.5 Å². The first kappa shape index (κ1) is 26.8. The van der Waals surface area contributed by atoms with Crippen LogP contribution < -0.4 is 10.6 Å². The van der Waals surface area contributed by atoms with Crippen molar-refractivity contribution < 1.29 is 33.5 Å². The summed E-state index contributed by atoms with van der Waals surface area (Å²) in [6.45, 7) is -0.0343. The Morgan fingerprint density at radius 3 is 2.05 bits per heavy atom. The van der Waals surface area contributed by atoms with Crippen LogP contribution in [0.15, 0.2) is 78.9 Å². The Morgan fingerprint density at radius 1 is 0.865 bits per heavy atom. The highest BCUT2D eigenvalue weighted by atomic mass is 19.1. The number of rotatable bonds is 11. The summed E-state index contributed by atoms with van der Waals surface area (Å²) in [6, 6.07) is 17.9. The van der Waals surface area contributed by atoms with Crippen molar-refractivity contribution in [3.05, 3.63) is 111 Å². The fourth-order valence-electron chi connectivity index (χ4n) is 3.50. The second kappa shape index (κ2) is 12.8. The fraction of sp³-hybridized carbons (Fsp3) is 0.192. The molecule has 37 heavy (non-hydrogen) atoms. The Kier molecular flexibility index (Phi) is 9.25. The van der Waals surface area contributed by atoms with E-state index in [-0.39, 0.29) is 25.0 Å². The lowest BCUT2D eigenvalue weighted by atomic mass is 10.0. The van der Waals surface area contributed by atoms with E-state index in [1.807, 2.05) is 6.07 Å². The van der Waals surface area contributed by atoms with Gasteiger partial charge in [-0.3, -0.25) is 14.9 Å². The summed E-state index contributed by atoms with van der Waals surface area (Å²) in [5.41, 5.74) is 0.765. The molecular weight excluding hydrogens is 485 g/mol. The molecule has 3 rings (SSSR count). The molecule has 11 heteroatoms. The van der Waals surface area contributed by atoms with Crippen LogP contribution in [0.3, 0.4) is 0 Å². The molecule has 3 aromatic carbocycles. The van der Waals surface area contributed by atoms with Gasteiger partial charge in [0.05, 0.1) is 4.92 Å². The molecule has 10 nitrogen and oxygen atoms in total. The van der Waals surface area contributed by atoms with Crippen LogP contribution in [0.4, 0.5) is 14.9 Å². The first-order valence-corrected chi connectivity index (χ1v) is 11.2. The number of ether oxygens (including phenoxy) is 1. The number of nitrogens with one attached hydrogen (secondary N) is 2. The largest absolute Gasteiger partial charge is 0.480 e. The first-order valence-electron chi connectivity index (χ1n) is 11.2. The van der Waals surface area contributed by atoms with E-state index < -0.39 is 46.5 Å². The quantitative estimate of drug-likeness (QED) is 0.265. The van der Waals surface area contributed by atoms with Crippen LogP contribution in [0.5, 0.6) is 0 Å². The lowest BCUT2D eigenvalue weighted by Crippen LogP contribution is -2.53. The smallest absolute Gasteiger partial charge is 0.408 e. The maximum atomic E-state index is 13.7. The molecule has 0 fully saturated rings. The average molecular weight is 509 g/mol.